The summed E-state index contributed by atoms with van der Waals surface area (Å²) < 4.78 is 0. The van der Waals surface area contributed by atoms with Crippen molar-refractivity contribution in [3.8, 4) is 0 Å². The Balaban J connectivity index is 3.47. The second kappa shape index (κ2) is 9.96. The summed E-state index contributed by atoms with van der Waals surface area (Å²) in [5.74, 6) is 0.534. The van der Waals surface area contributed by atoms with Crippen molar-refractivity contribution in [2.75, 3.05) is 6.61 Å². The minimum absolute atomic E-state index is 0.510. The third-order valence-corrected chi connectivity index (χ3v) is 2.29. The van der Waals surface area contributed by atoms with E-state index < -0.39 is 0 Å². The van der Waals surface area contributed by atoms with Gasteiger partial charge in [0.05, 0.1) is 6.61 Å². The van der Waals surface area contributed by atoms with Crippen molar-refractivity contribution >= 4 is 0 Å². The Morgan fingerprint density at radius 1 is 1.08 bits per heavy atom. The van der Waals surface area contributed by atoms with Gasteiger partial charge >= 0.3 is 0 Å². The van der Waals surface area contributed by atoms with Crippen molar-refractivity contribution in [3.05, 3.63) is 0 Å². The van der Waals surface area contributed by atoms with Gasteiger partial charge < -0.3 is 0 Å². The second-order valence-corrected chi connectivity index (χ2v) is 3.51. The number of hydrogen-bond acceptors (Lipinski definition) is 3. The van der Waals surface area contributed by atoms with E-state index in [-0.39, 0.29) is 0 Å². The normalized spacial score (nSPS) is 11.1. The highest BCUT2D eigenvalue weighted by molar-refractivity contribution is 4.57. The maximum Gasteiger partial charge on any atom is 0.0881 e. The molecule has 3 heteroatoms. The van der Waals surface area contributed by atoms with E-state index in [1.165, 1.54) is 38.5 Å². The molecule has 1 N–H and O–H groups in total. The molecule has 0 saturated heterocycles. The molecule has 0 aromatic rings. The summed E-state index contributed by atoms with van der Waals surface area (Å²) in [4.78, 5) is 4.55. The Bertz CT molecular complexity index is 77.2. The topological polar surface area (TPSA) is 38.7 Å². The fourth-order valence-corrected chi connectivity index (χ4v) is 1.42. The minimum Gasteiger partial charge on any atom is -0.221 e. The van der Waals surface area contributed by atoms with Gasteiger partial charge in [0.1, 0.15) is 0 Å². The molecule has 0 aliphatic carbocycles. The fourth-order valence-electron chi connectivity index (χ4n) is 1.42. The van der Waals surface area contributed by atoms with Gasteiger partial charge in [0.25, 0.3) is 0 Å². The van der Waals surface area contributed by atoms with Gasteiger partial charge in [-0.3, -0.25) is 0 Å². The molecule has 0 saturated carbocycles. The van der Waals surface area contributed by atoms with Crippen LogP contribution >= 0.6 is 0 Å². The predicted molar refractivity (Wildman–Crippen MR) is 52.2 cm³/mol. The van der Waals surface area contributed by atoms with Crippen molar-refractivity contribution in [2.45, 2.75) is 52.4 Å². The lowest BCUT2D eigenvalue weighted by Gasteiger charge is -2.13. The van der Waals surface area contributed by atoms with Crippen LogP contribution in [-0.2, 0) is 9.93 Å². The molecular formula is C10H22O3. The quantitative estimate of drug-likeness (QED) is 0.447. The standard InChI is InChI=1S/C10H22O3/c1-3-5-7-10(8-6-4-2)9-12-13-11/h10-11H,3-9H2,1-2H3. The number of rotatable bonds is 9. The van der Waals surface area contributed by atoms with Crippen LogP contribution in [0.25, 0.3) is 0 Å². The Labute approximate surface area is 80.9 Å². The zero-order valence-electron chi connectivity index (χ0n) is 8.79. The molecule has 0 aliphatic rings. The van der Waals surface area contributed by atoms with Gasteiger partial charge in [0.2, 0.25) is 0 Å². The maximum absolute atomic E-state index is 8.04. The zero-order valence-corrected chi connectivity index (χ0v) is 8.79. The maximum atomic E-state index is 8.04. The Kier molecular flexibility index (Phi) is 9.87. The van der Waals surface area contributed by atoms with Gasteiger partial charge in [-0.2, -0.15) is 0 Å². The second-order valence-electron chi connectivity index (χ2n) is 3.51. The highest BCUT2D eigenvalue weighted by Gasteiger charge is 2.08. The lowest BCUT2D eigenvalue weighted by molar-refractivity contribution is -0.493. The fraction of sp³-hybridized carbons (Fsp3) is 1.00. The highest BCUT2D eigenvalue weighted by Crippen LogP contribution is 2.16. The first kappa shape index (κ1) is 12.9. The molecule has 0 unspecified atom stereocenters. The highest BCUT2D eigenvalue weighted by atomic mass is 17.5. The largest absolute Gasteiger partial charge is 0.221 e. The van der Waals surface area contributed by atoms with Crippen molar-refractivity contribution in [3.63, 3.8) is 0 Å². The molecule has 0 aliphatic heterocycles. The molecule has 3 nitrogen and oxygen atoms in total. The first-order valence-corrected chi connectivity index (χ1v) is 5.28. The van der Waals surface area contributed by atoms with Crippen LogP contribution in [0.4, 0.5) is 0 Å². The van der Waals surface area contributed by atoms with Gasteiger partial charge in [-0.1, -0.05) is 44.6 Å². The van der Waals surface area contributed by atoms with Crippen LogP contribution in [-0.4, -0.2) is 11.9 Å². The molecule has 0 spiro atoms. The Morgan fingerprint density at radius 3 is 2.00 bits per heavy atom. The Morgan fingerprint density at radius 2 is 1.62 bits per heavy atom. The molecule has 80 valence electrons. The molecule has 13 heavy (non-hydrogen) atoms. The molecule has 0 aromatic heterocycles. The Hall–Kier alpha value is -0.120. The summed E-state index contributed by atoms with van der Waals surface area (Å²) in [7, 11) is 0. The SMILES string of the molecule is CCCCC(CCCC)COOO. The number of hydrogen-bond donors (Lipinski definition) is 1. The van der Waals surface area contributed by atoms with E-state index >= 15 is 0 Å². The summed E-state index contributed by atoms with van der Waals surface area (Å²) >= 11 is 0. The van der Waals surface area contributed by atoms with Gasteiger partial charge in [-0.05, 0) is 18.8 Å². The van der Waals surface area contributed by atoms with E-state index in [0.29, 0.717) is 12.5 Å². The lowest BCUT2D eigenvalue weighted by atomic mass is 9.97. The van der Waals surface area contributed by atoms with Crippen LogP contribution in [0.3, 0.4) is 0 Å². The van der Waals surface area contributed by atoms with Crippen LogP contribution in [0.2, 0.25) is 0 Å². The predicted octanol–water partition coefficient (Wildman–Crippen LogP) is 3.40. The van der Waals surface area contributed by atoms with Gasteiger partial charge in [-0.25, -0.2) is 10.1 Å². The van der Waals surface area contributed by atoms with Crippen molar-refractivity contribution < 1.29 is 15.2 Å². The lowest BCUT2D eigenvalue weighted by Crippen LogP contribution is -2.09. The van der Waals surface area contributed by atoms with Gasteiger partial charge in [0.15, 0.2) is 0 Å². The van der Waals surface area contributed by atoms with E-state index in [9.17, 15) is 0 Å². The monoisotopic (exact) mass is 190 g/mol. The van der Waals surface area contributed by atoms with Gasteiger partial charge in [0, 0.05) is 0 Å². The molecule has 0 amide bonds. The van der Waals surface area contributed by atoms with E-state index in [2.05, 4.69) is 23.8 Å². The van der Waals surface area contributed by atoms with Crippen molar-refractivity contribution in [1.29, 1.82) is 0 Å². The average molecular weight is 190 g/mol. The first-order chi connectivity index (χ1) is 6.35. The van der Waals surface area contributed by atoms with Crippen molar-refractivity contribution in [1.82, 2.24) is 0 Å². The molecule has 0 heterocycles. The molecule has 0 aromatic carbocycles. The van der Waals surface area contributed by atoms with Crippen LogP contribution in [0.15, 0.2) is 0 Å². The molecule has 0 atom stereocenters. The molecular weight excluding hydrogens is 168 g/mol. The molecule has 0 bridgehead atoms. The first-order valence-electron chi connectivity index (χ1n) is 5.28. The molecule has 0 rings (SSSR count). The molecule has 0 radical (unpaired) electrons. The van der Waals surface area contributed by atoms with Crippen molar-refractivity contribution in [2.24, 2.45) is 5.92 Å². The van der Waals surface area contributed by atoms with E-state index in [1.54, 1.807) is 0 Å². The minimum atomic E-state index is 0.510. The number of unbranched alkanes of at least 4 members (excludes halogenated alkanes) is 2. The van der Waals surface area contributed by atoms with Crippen LogP contribution in [0.5, 0.6) is 0 Å². The third kappa shape index (κ3) is 8.22. The third-order valence-electron chi connectivity index (χ3n) is 2.29. The summed E-state index contributed by atoms with van der Waals surface area (Å²) in [6.45, 7) is 4.87. The average Bonchev–Trinajstić information content (AvgIpc) is 2.17. The van der Waals surface area contributed by atoms with Crippen LogP contribution < -0.4 is 0 Å². The van der Waals surface area contributed by atoms with E-state index in [0.717, 1.165) is 0 Å². The van der Waals surface area contributed by atoms with Gasteiger partial charge in [-0.15, -0.1) is 0 Å². The van der Waals surface area contributed by atoms with E-state index in [1.807, 2.05) is 0 Å². The summed E-state index contributed by atoms with van der Waals surface area (Å²) in [5, 5.41) is 11.7. The van der Waals surface area contributed by atoms with Crippen LogP contribution in [0, 0.1) is 5.92 Å². The smallest absolute Gasteiger partial charge is 0.0881 e. The van der Waals surface area contributed by atoms with Crippen LogP contribution in [0.1, 0.15) is 52.4 Å². The summed E-state index contributed by atoms with van der Waals surface area (Å²) in [5.41, 5.74) is 0. The summed E-state index contributed by atoms with van der Waals surface area (Å²) in [6, 6.07) is 0. The summed E-state index contributed by atoms with van der Waals surface area (Å²) in [6.07, 6.45) is 7.21. The molecule has 0 fully saturated rings. The van der Waals surface area contributed by atoms with E-state index in [4.69, 9.17) is 5.26 Å². The zero-order chi connectivity index (χ0) is 9.94.